The lowest BCUT2D eigenvalue weighted by Gasteiger charge is -2.16. The zero-order valence-corrected chi connectivity index (χ0v) is 10.7. The van der Waals surface area contributed by atoms with E-state index in [0.717, 1.165) is 11.4 Å². The van der Waals surface area contributed by atoms with Crippen molar-refractivity contribution in [3.8, 4) is 0 Å². The van der Waals surface area contributed by atoms with Gasteiger partial charge in [0.1, 0.15) is 6.04 Å². The molecule has 3 amide bonds. The second-order valence-electron chi connectivity index (χ2n) is 4.16. The van der Waals surface area contributed by atoms with Crippen LogP contribution in [0, 0.1) is 0 Å². The van der Waals surface area contributed by atoms with Crippen molar-refractivity contribution in [2.45, 2.75) is 13.0 Å². The fourth-order valence-corrected chi connectivity index (χ4v) is 1.40. The maximum atomic E-state index is 11.5. The minimum Gasteiger partial charge on any atom is -0.378 e. The van der Waals surface area contributed by atoms with Gasteiger partial charge in [0.05, 0.1) is 0 Å². The molecule has 0 bridgehead atoms. The smallest absolute Gasteiger partial charge is 0.318 e. The molecule has 0 aromatic heterocycles. The molecular formula is C12H18N4O2. The predicted octanol–water partition coefficient (Wildman–Crippen LogP) is 0.748. The number of carbonyl (C=O) groups is 2. The SMILES string of the molecule is CC(Nc1ccc(N(C)C)cc1)C(=O)NC(N)=O. The Morgan fingerprint density at radius 1 is 1.22 bits per heavy atom. The van der Waals surface area contributed by atoms with Crippen LogP contribution in [0.5, 0.6) is 0 Å². The Hall–Kier alpha value is -2.24. The van der Waals surface area contributed by atoms with Crippen molar-refractivity contribution in [2.75, 3.05) is 24.3 Å². The molecule has 0 saturated heterocycles. The Morgan fingerprint density at radius 2 is 1.78 bits per heavy atom. The molecule has 1 unspecified atom stereocenters. The van der Waals surface area contributed by atoms with Gasteiger partial charge in [-0.15, -0.1) is 0 Å². The Balaban J connectivity index is 2.61. The van der Waals surface area contributed by atoms with Gasteiger partial charge in [0.15, 0.2) is 0 Å². The summed E-state index contributed by atoms with van der Waals surface area (Å²) in [6.07, 6.45) is 0. The summed E-state index contributed by atoms with van der Waals surface area (Å²) in [7, 11) is 3.90. The predicted molar refractivity (Wildman–Crippen MR) is 71.6 cm³/mol. The monoisotopic (exact) mass is 250 g/mol. The maximum absolute atomic E-state index is 11.5. The van der Waals surface area contributed by atoms with Crippen molar-refractivity contribution < 1.29 is 9.59 Å². The zero-order chi connectivity index (χ0) is 13.7. The van der Waals surface area contributed by atoms with Gasteiger partial charge >= 0.3 is 6.03 Å². The van der Waals surface area contributed by atoms with E-state index in [-0.39, 0.29) is 0 Å². The van der Waals surface area contributed by atoms with Gasteiger partial charge < -0.3 is 16.0 Å². The number of imide groups is 1. The summed E-state index contributed by atoms with van der Waals surface area (Å²) in [5.74, 6) is -0.459. The molecule has 0 fully saturated rings. The van der Waals surface area contributed by atoms with Crippen LogP contribution in [0.25, 0.3) is 0 Å². The summed E-state index contributed by atoms with van der Waals surface area (Å²) in [4.78, 5) is 24.0. The van der Waals surface area contributed by atoms with E-state index >= 15 is 0 Å². The van der Waals surface area contributed by atoms with Gasteiger partial charge in [0.25, 0.3) is 0 Å². The number of hydrogen-bond donors (Lipinski definition) is 3. The lowest BCUT2D eigenvalue weighted by molar-refractivity contribution is -0.120. The molecule has 1 aromatic carbocycles. The molecule has 6 heteroatoms. The Bertz CT molecular complexity index is 428. The first-order valence-electron chi connectivity index (χ1n) is 5.54. The molecule has 1 aromatic rings. The number of benzene rings is 1. The minimum atomic E-state index is -0.850. The Labute approximate surface area is 106 Å². The number of amides is 3. The van der Waals surface area contributed by atoms with E-state index in [4.69, 9.17) is 5.73 Å². The number of urea groups is 1. The molecule has 1 rings (SSSR count). The summed E-state index contributed by atoms with van der Waals surface area (Å²) in [6.45, 7) is 1.65. The second kappa shape index (κ2) is 5.90. The van der Waals surface area contributed by atoms with Crippen LogP contribution >= 0.6 is 0 Å². The first kappa shape index (κ1) is 13.8. The average Bonchev–Trinajstić information content (AvgIpc) is 2.28. The number of nitrogens with two attached hydrogens (primary N) is 1. The quantitative estimate of drug-likeness (QED) is 0.735. The first-order chi connectivity index (χ1) is 8.40. The van der Waals surface area contributed by atoms with E-state index in [1.54, 1.807) is 6.92 Å². The van der Waals surface area contributed by atoms with Crippen molar-refractivity contribution in [1.82, 2.24) is 5.32 Å². The molecule has 0 aliphatic carbocycles. The number of nitrogens with zero attached hydrogens (tertiary/aromatic N) is 1. The molecule has 0 aliphatic rings. The molecule has 1 atom stereocenters. The highest BCUT2D eigenvalue weighted by Crippen LogP contribution is 2.16. The standard InChI is InChI=1S/C12H18N4O2/c1-8(11(17)15-12(13)18)14-9-4-6-10(7-5-9)16(2)3/h4-8,14H,1-3H3,(H3,13,15,17,18). The number of primary amides is 1. The van der Waals surface area contributed by atoms with Crippen molar-refractivity contribution in [2.24, 2.45) is 5.73 Å². The van der Waals surface area contributed by atoms with Crippen LogP contribution in [0.1, 0.15) is 6.92 Å². The summed E-state index contributed by atoms with van der Waals surface area (Å²) in [5.41, 5.74) is 6.74. The number of carbonyl (C=O) groups excluding carboxylic acids is 2. The maximum Gasteiger partial charge on any atom is 0.318 e. The first-order valence-corrected chi connectivity index (χ1v) is 5.54. The molecule has 98 valence electrons. The van der Waals surface area contributed by atoms with Crippen LogP contribution in [-0.4, -0.2) is 32.1 Å². The third-order valence-corrected chi connectivity index (χ3v) is 2.41. The van der Waals surface area contributed by atoms with E-state index in [1.807, 2.05) is 48.6 Å². The van der Waals surface area contributed by atoms with E-state index in [0.29, 0.717) is 0 Å². The lowest BCUT2D eigenvalue weighted by atomic mass is 10.2. The van der Waals surface area contributed by atoms with Gasteiger partial charge in [0.2, 0.25) is 5.91 Å². The van der Waals surface area contributed by atoms with Crippen LogP contribution in [0.4, 0.5) is 16.2 Å². The third kappa shape index (κ3) is 3.97. The van der Waals surface area contributed by atoms with Crippen LogP contribution in [0.2, 0.25) is 0 Å². The topological polar surface area (TPSA) is 87.5 Å². The summed E-state index contributed by atoms with van der Waals surface area (Å²) in [6, 6.07) is 6.20. The number of hydrogen-bond acceptors (Lipinski definition) is 4. The van der Waals surface area contributed by atoms with E-state index in [2.05, 4.69) is 5.32 Å². The van der Waals surface area contributed by atoms with Crippen molar-refractivity contribution in [3.05, 3.63) is 24.3 Å². The van der Waals surface area contributed by atoms with E-state index in [1.165, 1.54) is 0 Å². The summed E-state index contributed by atoms with van der Waals surface area (Å²) in [5, 5.41) is 5.00. The Kier molecular flexibility index (Phi) is 4.53. The van der Waals surface area contributed by atoms with Gasteiger partial charge in [-0.3, -0.25) is 10.1 Å². The van der Waals surface area contributed by atoms with Gasteiger partial charge in [-0.25, -0.2) is 4.79 Å². The molecule has 6 nitrogen and oxygen atoms in total. The molecule has 0 saturated carbocycles. The largest absolute Gasteiger partial charge is 0.378 e. The molecule has 4 N–H and O–H groups in total. The van der Waals surface area contributed by atoms with Gasteiger partial charge in [-0.1, -0.05) is 0 Å². The molecule has 0 heterocycles. The molecular weight excluding hydrogens is 232 g/mol. The summed E-state index contributed by atoms with van der Waals surface area (Å²) >= 11 is 0. The van der Waals surface area contributed by atoms with Crippen LogP contribution in [0.3, 0.4) is 0 Å². The van der Waals surface area contributed by atoms with E-state index in [9.17, 15) is 9.59 Å². The highest BCUT2D eigenvalue weighted by Gasteiger charge is 2.13. The number of nitrogens with one attached hydrogen (secondary N) is 2. The molecule has 0 aliphatic heterocycles. The third-order valence-electron chi connectivity index (χ3n) is 2.41. The second-order valence-corrected chi connectivity index (χ2v) is 4.16. The lowest BCUT2D eigenvalue weighted by Crippen LogP contribution is -2.43. The number of anilines is 2. The van der Waals surface area contributed by atoms with Crippen molar-refractivity contribution in [3.63, 3.8) is 0 Å². The minimum absolute atomic E-state index is 0.459. The normalized spacial score (nSPS) is 11.5. The van der Waals surface area contributed by atoms with E-state index < -0.39 is 18.0 Å². The van der Waals surface area contributed by atoms with Crippen molar-refractivity contribution >= 4 is 23.3 Å². The molecule has 0 radical (unpaired) electrons. The Morgan fingerprint density at radius 3 is 2.22 bits per heavy atom. The highest BCUT2D eigenvalue weighted by molar-refractivity contribution is 5.97. The van der Waals surface area contributed by atoms with Gasteiger partial charge in [0, 0.05) is 25.5 Å². The van der Waals surface area contributed by atoms with Gasteiger partial charge in [-0.2, -0.15) is 0 Å². The molecule has 0 spiro atoms. The highest BCUT2D eigenvalue weighted by atomic mass is 16.2. The fourth-order valence-electron chi connectivity index (χ4n) is 1.40. The average molecular weight is 250 g/mol. The molecule has 18 heavy (non-hydrogen) atoms. The zero-order valence-electron chi connectivity index (χ0n) is 10.7. The fraction of sp³-hybridized carbons (Fsp3) is 0.333. The van der Waals surface area contributed by atoms with Crippen LogP contribution in [-0.2, 0) is 4.79 Å². The van der Waals surface area contributed by atoms with Gasteiger partial charge in [-0.05, 0) is 31.2 Å². The number of rotatable bonds is 4. The van der Waals surface area contributed by atoms with Crippen molar-refractivity contribution in [1.29, 1.82) is 0 Å². The van der Waals surface area contributed by atoms with Crippen LogP contribution < -0.4 is 21.3 Å². The summed E-state index contributed by atoms with van der Waals surface area (Å²) < 4.78 is 0. The van der Waals surface area contributed by atoms with Crippen LogP contribution in [0.15, 0.2) is 24.3 Å².